The summed E-state index contributed by atoms with van der Waals surface area (Å²) in [5, 5.41) is 16.7. The van der Waals surface area contributed by atoms with Gasteiger partial charge in [-0.25, -0.2) is 0 Å². The number of aliphatic hydroxyl groups is 1. The lowest BCUT2D eigenvalue weighted by Gasteiger charge is -2.15. The smallest absolute Gasteiger partial charge is 0.300 e. The molecule has 0 amide bonds. The molecule has 2 N–H and O–H groups in total. The van der Waals surface area contributed by atoms with Crippen LogP contribution in [0.1, 0.15) is 59.8 Å². The van der Waals surface area contributed by atoms with Gasteiger partial charge in [0.1, 0.15) is 0 Å². The summed E-state index contributed by atoms with van der Waals surface area (Å²) >= 11 is 0. The minimum absolute atomic E-state index is 0.451. The second-order valence-corrected chi connectivity index (χ2v) is 4.14. The minimum Gasteiger partial charge on any atom is -0.481 e. The molecule has 0 radical (unpaired) electrons. The van der Waals surface area contributed by atoms with Crippen LogP contribution in [0.3, 0.4) is 0 Å². The van der Waals surface area contributed by atoms with Crippen molar-refractivity contribution in [1.82, 2.24) is 0 Å². The quantitative estimate of drug-likeness (QED) is 0.677. The molecule has 0 aliphatic heterocycles. The Labute approximate surface area is 87.1 Å². The Morgan fingerprint density at radius 2 is 1.64 bits per heavy atom. The Hall–Kier alpha value is -0.570. The molecule has 0 atom stereocenters. The monoisotopic (exact) mass is 204 g/mol. The molecule has 0 spiro atoms. The highest BCUT2D eigenvalue weighted by Gasteiger charge is 2.10. The third kappa shape index (κ3) is 30.1. The van der Waals surface area contributed by atoms with Crippen molar-refractivity contribution in [1.29, 1.82) is 0 Å². The van der Waals surface area contributed by atoms with Crippen molar-refractivity contribution in [3.63, 3.8) is 0 Å². The highest BCUT2D eigenvalue weighted by Crippen LogP contribution is 2.13. The summed E-state index contributed by atoms with van der Waals surface area (Å²) in [4.78, 5) is 9.00. The molecule has 0 aromatic carbocycles. The fourth-order valence-corrected chi connectivity index (χ4v) is 0.984. The molecule has 0 fully saturated rings. The molecular weight excluding hydrogens is 180 g/mol. The summed E-state index contributed by atoms with van der Waals surface area (Å²) in [5.74, 6) is -0.833. The van der Waals surface area contributed by atoms with E-state index in [-0.39, 0.29) is 0 Å². The van der Waals surface area contributed by atoms with Gasteiger partial charge in [0.05, 0.1) is 5.60 Å². The van der Waals surface area contributed by atoms with Crippen molar-refractivity contribution in [2.24, 2.45) is 0 Å². The van der Waals surface area contributed by atoms with Crippen LogP contribution in [0.4, 0.5) is 0 Å². The van der Waals surface area contributed by atoms with Crippen LogP contribution in [0.25, 0.3) is 0 Å². The predicted octanol–water partition coefficient (Wildman–Crippen LogP) is 2.82. The Kier molecular flexibility index (Phi) is 10.2. The molecule has 0 aromatic heterocycles. The molecule has 86 valence electrons. The Balaban J connectivity index is 0. The molecule has 0 heterocycles. The van der Waals surface area contributed by atoms with E-state index in [4.69, 9.17) is 9.90 Å². The van der Waals surface area contributed by atoms with Gasteiger partial charge in [0.15, 0.2) is 0 Å². The Morgan fingerprint density at radius 1 is 1.21 bits per heavy atom. The van der Waals surface area contributed by atoms with E-state index < -0.39 is 11.6 Å². The van der Waals surface area contributed by atoms with Gasteiger partial charge in [0.25, 0.3) is 5.97 Å². The number of carboxylic acid groups (broad SMARTS) is 1. The van der Waals surface area contributed by atoms with Gasteiger partial charge in [-0.15, -0.1) is 0 Å². The maximum Gasteiger partial charge on any atom is 0.300 e. The molecule has 0 saturated carbocycles. The topological polar surface area (TPSA) is 57.5 Å². The molecule has 3 heteroatoms. The number of hydrogen-bond donors (Lipinski definition) is 2. The van der Waals surface area contributed by atoms with Gasteiger partial charge in [-0.2, -0.15) is 0 Å². The zero-order valence-electron chi connectivity index (χ0n) is 9.84. The third-order valence-corrected chi connectivity index (χ3v) is 1.64. The number of rotatable bonds is 5. The molecule has 14 heavy (non-hydrogen) atoms. The normalized spacial score (nSPS) is 10.4. The van der Waals surface area contributed by atoms with Crippen molar-refractivity contribution < 1.29 is 15.0 Å². The van der Waals surface area contributed by atoms with Crippen molar-refractivity contribution in [2.45, 2.75) is 65.4 Å². The van der Waals surface area contributed by atoms with E-state index in [2.05, 4.69) is 6.92 Å². The molecule has 0 aromatic rings. The van der Waals surface area contributed by atoms with Crippen LogP contribution in [-0.2, 0) is 4.79 Å². The van der Waals surface area contributed by atoms with Crippen molar-refractivity contribution in [2.75, 3.05) is 0 Å². The van der Waals surface area contributed by atoms with E-state index in [0.717, 1.165) is 19.8 Å². The second-order valence-electron chi connectivity index (χ2n) is 4.14. The first-order valence-corrected chi connectivity index (χ1v) is 5.21. The molecule has 0 saturated heterocycles. The molecule has 0 aliphatic carbocycles. The van der Waals surface area contributed by atoms with E-state index in [0.29, 0.717) is 0 Å². The first-order chi connectivity index (χ1) is 6.29. The van der Waals surface area contributed by atoms with E-state index in [9.17, 15) is 5.11 Å². The van der Waals surface area contributed by atoms with Gasteiger partial charge < -0.3 is 10.2 Å². The second kappa shape index (κ2) is 9.00. The summed E-state index contributed by atoms with van der Waals surface area (Å²) in [6, 6.07) is 0. The molecule has 0 bridgehead atoms. The summed E-state index contributed by atoms with van der Waals surface area (Å²) in [6.07, 6.45) is 5.94. The van der Waals surface area contributed by atoms with Crippen LogP contribution in [0.15, 0.2) is 0 Å². The first-order valence-electron chi connectivity index (χ1n) is 5.21. The maximum atomic E-state index is 9.32. The fraction of sp³-hybridized carbons (Fsp3) is 0.909. The Morgan fingerprint density at radius 3 is 1.93 bits per heavy atom. The molecule has 0 rings (SSSR count). The number of carboxylic acids is 1. The first kappa shape index (κ1) is 15.9. The number of carbonyl (C=O) groups is 1. The van der Waals surface area contributed by atoms with Crippen LogP contribution < -0.4 is 0 Å². The summed E-state index contributed by atoms with van der Waals surface area (Å²) in [5.41, 5.74) is -0.451. The lowest BCUT2D eigenvalue weighted by Crippen LogP contribution is -2.17. The zero-order valence-corrected chi connectivity index (χ0v) is 9.84. The highest BCUT2D eigenvalue weighted by molar-refractivity contribution is 5.62. The van der Waals surface area contributed by atoms with Crippen LogP contribution in [-0.4, -0.2) is 21.8 Å². The average molecular weight is 204 g/mol. The molecular formula is C11H24O3. The van der Waals surface area contributed by atoms with E-state index in [1.165, 1.54) is 19.3 Å². The zero-order chi connectivity index (χ0) is 11.6. The summed E-state index contributed by atoms with van der Waals surface area (Å²) < 4.78 is 0. The molecule has 0 aliphatic rings. The predicted molar refractivity (Wildman–Crippen MR) is 58.4 cm³/mol. The van der Waals surface area contributed by atoms with Crippen molar-refractivity contribution in [3.8, 4) is 0 Å². The Bertz CT molecular complexity index is 132. The lowest BCUT2D eigenvalue weighted by atomic mass is 10.0. The summed E-state index contributed by atoms with van der Waals surface area (Å²) in [7, 11) is 0. The molecule has 0 unspecified atom stereocenters. The SMILES string of the molecule is CC(=O)O.CCCCCCC(C)(C)O. The standard InChI is InChI=1S/C9H20O.C2H4O2/c1-4-5-6-7-8-9(2,3)10;1-2(3)4/h10H,4-8H2,1-3H3;1H3,(H,3,4). The molecule has 3 nitrogen and oxygen atoms in total. The van der Waals surface area contributed by atoms with Crippen molar-refractivity contribution in [3.05, 3.63) is 0 Å². The fourth-order valence-electron chi connectivity index (χ4n) is 0.984. The number of unbranched alkanes of at least 4 members (excludes halogenated alkanes) is 3. The van der Waals surface area contributed by atoms with Crippen LogP contribution in [0.2, 0.25) is 0 Å². The van der Waals surface area contributed by atoms with Gasteiger partial charge in [0.2, 0.25) is 0 Å². The van der Waals surface area contributed by atoms with Crippen LogP contribution in [0.5, 0.6) is 0 Å². The third-order valence-electron chi connectivity index (χ3n) is 1.64. The maximum absolute atomic E-state index is 9.32. The van der Waals surface area contributed by atoms with Gasteiger partial charge in [0, 0.05) is 6.92 Å². The largest absolute Gasteiger partial charge is 0.481 e. The van der Waals surface area contributed by atoms with E-state index in [1.54, 1.807) is 0 Å². The van der Waals surface area contributed by atoms with E-state index >= 15 is 0 Å². The van der Waals surface area contributed by atoms with Gasteiger partial charge in [-0.05, 0) is 20.3 Å². The van der Waals surface area contributed by atoms with Gasteiger partial charge in [-0.1, -0.05) is 32.6 Å². The number of hydrogen-bond acceptors (Lipinski definition) is 2. The van der Waals surface area contributed by atoms with E-state index in [1.807, 2.05) is 13.8 Å². The lowest BCUT2D eigenvalue weighted by molar-refractivity contribution is -0.134. The van der Waals surface area contributed by atoms with Gasteiger partial charge >= 0.3 is 0 Å². The summed E-state index contributed by atoms with van der Waals surface area (Å²) in [6.45, 7) is 7.03. The highest BCUT2D eigenvalue weighted by atomic mass is 16.4. The number of aliphatic carboxylic acids is 1. The average Bonchev–Trinajstić information content (AvgIpc) is 1.95. The van der Waals surface area contributed by atoms with Crippen LogP contribution >= 0.6 is 0 Å². The van der Waals surface area contributed by atoms with Crippen LogP contribution in [0, 0.1) is 0 Å². The minimum atomic E-state index is -0.833. The van der Waals surface area contributed by atoms with Gasteiger partial charge in [-0.3, -0.25) is 4.79 Å². The van der Waals surface area contributed by atoms with Crippen molar-refractivity contribution >= 4 is 5.97 Å².